The molecule has 2 rings (SSSR count). The largest absolute Gasteiger partial charge is 0.480 e. The van der Waals surface area contributed by atoms with E-state index in [4.69, 9.17) is 16.3 Å². The molecule has 0 radical (unpaired) electrons. The third-order valence-electron chi connectivity index (χ3n) is 2.54. The van der Waals surface area contributed by atoms with Crippen LogP contribution in [0.4, 0.5) is 0 Å². The van der Waals surface area contributed by atoms with E-state index in [1.807, 2.05) is 30.3 Å². The van der Waals surface area contributed by atoms with Crippen molar-refractivity contribution in [3.63, 3.8) is 0 Å². The lowest BCUT2D eigenvalue weighted by atomic mass is 10.0. The lowest BCUT2D eigenvalue weighted by Gasteiger charge is -2.16. The van der Waals surface area contributed by atoms with Gasteiger partial charge >= 0.3 is 0 Å². The average Bonchev–Trinajstić information content (AvgIpc) is 2.34. The van der Waals surface area contributed by atoms with Crippen molar-refractivity contribution in [1.29, 1.82) is 0 Å². The van der Waals surface area contributed by atoms with E-state index in [2.05, 4.69) is 4.99 Å². The Morgan fingerprint density at radius 3 is 2.71 bits per heavy atom. The monoisotopic (exact) mass is 249 g/mol. The number of hydrogen-bond acceptors (Lipinski definition) is 3. The number of ether oxygens (including phenoxy) is 1. The van der Waals surface area contributed by atoms with Gasteiger partial charge in [0.25, 0.3) is 0 Å². The second kappa shape index (κ2) is 5.15. The number of dihydropyridines is 1. The van der Waals surface area contributed by atoms with Crippen LogP contribution in [0.1, 0.15) is 5.56 Å². The van der Waals surface area contributed by atoms with Gasteiger partial charge in [-0.05, 0) is 5.56 Å². The molecule has 0 unspecified atom stereocenters. The molecular weight excluding hydrogens is 238 g/mol. The summed E-state index contributed by atoms with van der Waals surface area (Å²) in [6, 6.07) is 9.31. The Balaban J connectivity index is 2.17. The predicted molar refractivity (Wildman–Crippen MR) is 67.3 cm³/mol. The van der Waals surface area contributed by atoms with Crippen molar-refractivity contribution >= 4 is 23.3 Å². The van der Waals surface area contributed by atoms with Gasteiger partial charge in [-0.25, -0.2) is 4.99 Å². The minimum Gasteiger partial charge on any atom is -0.480 e. The van der Waals surface area contributed by atoms with Crippen LogP contribution in [0.3, 0.4) is 0 Å². The Morgan fingerprint density at radius 2 is 2.06 bits per heavy atom. The molecule has 0 aromatic heterocycles. The van der Waals surface area contributed by atoms with Gasteiger partial charge in [0.15, 0.2) is 5.78 Å². The molecular formula is C13H12ClNO2. The average molecular weight is 250 g/mol. The summed E-state index contributed by atoms with van der Waals surface area (Å²) in [7, 11) is 1.49. The highest BCUT2D eigenvalue weighted by Crippen LogP contribution is 2.17. The van der Waals surface area contributed by atoms with Gasteiger partial charge < -0.3 is 4.74 Å². The van der Waals surface area contributed by atoms with E-state index in [-0.39, 0.29) is 10.8 Å². The minimum atomic E-state index is -0.435. The standard InChI is InChI=1S/C13H12ClNO2/c1-17-13-10(14)8-12(16)11(15-13)7-9-5-3-2-4-6-9/h2-6,8,11H,7H2,1H3/t11-/m1/s1. The molecule has 0 aliphatic carbocycles. The Hall–Kier alpha value is -1.61. The van der Waals surface area contributed by atoms with Crippen molar-refractivity contribution in [1.82, 2.24) is 0 Å². The normalized spacial score (nSPS) is 19.6. The molecule has 88 valence electrons. The zero-order chi connectivity index (χ0) is 12.3. The van der Waals surface area contributed by atoms with Crippen LogP contribution in [0.5, 0.6) is 0 Å². The number of rotatable bonds is 2. The van der Waals surface area contributed by atoms with Crippen LogP contribution >= 0.6 is 11.6 Å². The number of carbonyl (C=O) groups is 1. The quantitative estimate of drug-likeness (QED) is 0.807. The van der Waals surface area contributed by atoms with Crippen LogP contribution in [0, 0.1) is 0 Å². The molecule has 3 nitrogen and oxygen atoms in total. The zero-order valence-corrected chi connectivity index (χ0v) is 10.1. The fraction of sp³-hybridized carbons (Fsp3) is 0.231. The van der Waals surface area contributed by atoms with Gasteiger partial charge in [0.2, 0.25) is 5.90 Å². The summed E-state index contributed by atoms with van der Waals surface area (Å²) < 4.78 is 5.02. The summed E-state index contributed by atoms with van der Waals surface area (Å²) in [5, 5.41) is 0.266. The lowest BCUT2D eigenvalue weighted by Crippen LogP contribution is -2.26. The summed E-state index contributed by atoms with van der Waals surface area (Å²) in [4.78, 5) is 15.9. The summed E-state index contributed by atoms with van der Waals surface area (Å²) in [5.74, 6) is 0.242. The first-order valence-corrected chi connectivity index (χ1v) is 5.65. The number of hydrogen-bond donors (Lipinski definition) is 0. The predicted octanol–water partition coefficient (Wildman–Crippen LogP) is 2.35. The Bertz CT molecular complexity index is 479. The highest BCUT2D eigenvalue weighted by atomic mass is 35.5. The number of nitrogens with zero attached hydrogens (tertiary/aromatic N) is 1. The molecule has 1 atom stereocenters. The first kappa shape index (κ1) is 11.9. The molecule has 0 bridgehead atoms. The Labute approximate surface area is 105 Å². The van der Waals surface area contributed by atoms with E-state index in [9.17, 15) is 4.79 Å². The first-order chi connectivity index (χ1) is 8.20. The van der Waals surface area contributed by atoms with Crippen LogP contribution in [-0.4, -0.2) is 24.8 Å². The molecule has 17 heavy (non-hydrogen) atoms. The van der Waals surface area contributed by atoms with Crippen molar-refractivity contribution in [3.8, 4) is 0 Å². The highest BCUT2D eigenvalue weighted by molar-refractivity contribution is 6.44. The maximum Gasteiger partial charge on any atom is 0.228 e. The molecule has 0 saturated carbocycles. The second-order valence-electron chi connectivity index (χ2n) is 3.74. The number of benzene rings is 1. The van der Waals surface area contributed by atoms with E-state index in [0.29, 0.717) is 12.3 Å². The van der Waals surface area contributed by atoms with Crippen LogP contribution in [0.15, 0.2) is 46.4 Å². The Kier molecular flexibility index (Phi) is 3.59. The fourth-order valence-corrected chi connectivity index (χ4v) is 1.92. The maximum absolute atomic E-state index is 11.7. The van der Waals surface area contributed by atoms with E-state index in [1.165, 1.54) is 13.2 Å². The number of ketones is 1. The van der Waals surface area contributed by atoms with E-state index < -0.39 is 6.04 Å². The van der Waals surface area contributed by atoms with Crippen LogP contribution in [-0.2, 0) is 16.0 Å². The molecule has 1 aliphatic rings. The number of carbonyl (C=O) groups excluding carboxylic acids is 1. The summed E-state index contributed by atoms with van der Waals surface area (Å²) >= 11 is 5.83. The Morgan fingerprint density at radius 1 is 1.35 bits per heavy atom. The van der Waals surface area contributed by atoms with E-state index >= 15 is 0 Å². The van der Waals surface area contributed by atoms with Gasteiger partial charge in [0, 0.05) is 12.5 Å². The topological polar surface area (TPSA) is 38.7 Å². The van der Waals surface area contributed by atoms with Gasteiger partial charge in [-0.3, -0.25) is 4.79 Å². The van der Waals surface area contributed by atoms with Crippen molar-refractivity contribution < 1.29 is 9.53 Å². The summed E-state index contributed by atoms with van der Waals surface area (Å²) in [6.07, 6.45) is 1.94. The lowest BCUT2D eigenvalue weighted by molar-refractivity contribution is -0.115. The number of aliphatic imine (C=N–C) groups is 1. The van der Waals surface area contributed by atoms with Gasteiger partial charge in [-0.2, -0.15) is 0 Å². The van der Waals surface area contributed by atoms with E-state index in [0.717, 1.165) is 5.56 Å². The minimum absolute atomic E-state index is 0.0837. The molecule has 1 heterocycles. The SMILES string of the molecule is COC1=N[C@H](Cc2ccccc2)C(=O)C=C1Cl. The molecule has 0 amide bonds. The van der Waals surface area contributed by atoms with Gasteiger partial charge in [-0.15, -0.1) is 0 Å². The van der Waals surface area contributed by atoms with Crippen LogP contribution in [0.25, 0.3) is 0 Å². The molecule has 0 saturated heterocycles. The molecule has 1 aliphatic heterocycles. The fourth-order valence-electron chi connectivity index (χ4n) is 1.68. The summed E-state index contributed by atoms with van der Waals surface area (Å²) in [6.45, 7) is 0. The van der Waals surface area contributed by atoms with Gasteiger partial charge in [0.05, 0.1) is 7.11 Å². The van der Waals surface area contributed by atoms with Crippen molar-refractivity contribution in [2.45, 2.75) is 12.5 Å². The van der Waals surface area contributed by atoms with Crippen molar-refractivity contribution in [3.05, 3.63) is 47.0 Å². The smallest absolute Gasteiger partial charge is 0.228 e. The van der Waals surface area contributed by atoms with E-state index in [1.54, 1.807) is 0 Å². The maximum atomic E-state index is 11.7. The van der Waals surface area contributed by atoms with Crippen LogP contribution < -0.4 is 0 Å². The third-order valence-corrected chi connectivity index (χ3v) is 2.81. The molecule has 0 N–H and O–H groups in total. The molecule has 0 spiro atoms. The number of methoxy groups -OCH3 is 1. The van der Waals surface area contributed by atoms with Crippen LogP contribution in [0.2, 0.25) is 0 Å². The highest BCUT2D eigenvalue weighted by Gasteiger charge is 2.24. The zero-order valence-electron chi connectivity index (χ0n) is 9.39. The van der Waals surface area contributed by atoms with Gasteiger partial charge in [-0.1, -0.05) is 41.9 Å². The van der Waals surface area contributed by atoms with Crippen molar-refractivity contribution in [2.75, 3.05) is 7.11 Å². The third kappa shape index (κ3) is 2.74. The molecule has 1 aromatic carbocycles. The first-order valence-electron chi connectivity index (χ1n) is 5.28. The van der Waals surface area contributed by atoms with Gasteiger partial charge in [0.1, 0.15) is 11.1 Å². The molecule has 0 fully saturated rings. The second-order valence-corrected chi connectivity index (χ2v) is 4.15. The molecule has 4 heteroatoms. The number of halogens is 1. The van der Waals surface area contributed by atoms with Crippen molar-refractivity contribution in [2.24, 2.45) is 4.99 Å². The molecule has 1 aromatic rings. The summed E-state index contributed by atoms with van der Waals surface area (Å²) in [5.41, 5.74) is 1.07.